The van der Waals surface area contributed by atoms with Gasteiger partial charge in [-0.2, -0.15) is 11.3 Å². The van der Waals surface area contributed by atoms with Crippen LogP contribution in [0.1, 0.15) is 26.3 Å². The van der Waals surface area contributed by atoms with Crippen LogP contribution in [0.4, 0.5) is 0 Å². The van der Waals surface area contributed by atoms with Crippen LogP contribution in [0.15, 0.2) is 16.8 Å². The number of nitrogens with zero attached hydrogens (tertiary/aromatic N) is 1. The molecule has 0 radical (unpaired) electrons. The van der Waals surface area contributed by atoms with Crippen LogP contribution in [0.5, 0.6) is 0 Å². The largest absolute Gasteiger partial charge is 0.311 e. The molecule has 1 N–H and O–H groups in total. The minimum atomic E-state index is 0.632. The number of piperazine rings is 1. The van der Waals surface area contributed by atoms with Gasteiger partial charge in [0, 0.05) is 31.7 Å². The van der Waals surface area contributed by atoms with Gasteiger partial charge in [0.05, 0.1) is 0 Å². The van der Waals surface area contributed by atoms with E-state index < -0.39 is 0 Å². The van der Waals surface area contributed by atoms with Crippen LogP contribution in [-0.4, -0.2) is 36.6 Å². The van der Waals surface area contributed by atoms with E-state index in [-0.39, 0.29) is 0 Å². The molecule has 2 heterocycles. The Morgan fingerprint density at radius 2 is 2.35 bits per heavy atom. The molecule has 2 atom stereocenters. The van der Waals surface area contributed by atoms with Gasteiger partial charge in [-0.3, -0.25) is 4.90 Å². The number of hydrogen-bond donors (Lipinski definition) is 1. The van der Waals surface area contributed by atoms with E-state index >= 15 is 0 Å². The molecule has 0 aromatic carbocycles. The lowest BCUT2D eigenvalue weighted by atomic mass is 9.98. The monoisotopic (exact) mass is 252 g/mol. The van der Waals surface area contributed by atoms with Crippen LogP contribution in [0.3, 0.4) is 0 Å². The molecule has 2 rings (SSSR count). The van der Waals surface area contributed by atoms with Crippen molar-refractivity contribution in [3.8, 4) is 0 Å². The lowest BCUT2D eigenvalue weighted by Crippen LogP contribution is -2.57. The second-order valence-electron chi connectivity index (χ2n) is 5.50. The van der Waals surface area contributed by atoms with Crippen molar-refractivity contribution in [2.45, 2.75) is 39.3 Å². The van der Waals surface area contributed by atoms with Gasteiger partial charge in [0.1, 0.15) is 0 Å². The Morgan fingerprint density at radius 3 is 3.00 bits per heavy atom. The van der Waals surface area contributed by atoms with E-state index in [4.69, 9.17) is 0 Å². The van der Waals surface area contributed by atoms with Crippen molar-refractivity contribution in [1.82, 2.24) is 10.2 Å². The molecule has 1 fully saturated rings. The normalized spacial score (nSPS) is 26.6. The highest BCUT2D eigenvalue weighted by atomic mass is 32.1. The maximum absolute atomic E-state index is 3.60. The van der Waals surface area contributed by atoms with Gasteiger partial charge in [0.25, 0.3) is 0 Å². The lowest BCUT2D eigenvalue weighted by Gasteiger charge is -2.41. The topological polar surface area (TPSA) is 15.3 Å². The van der Waals surface area contributed by atoms with Crippen LogP contribution in [0, 0.1) is 5.92 Å². The lowest BCUT2D eigenvalue weighted by molar-refractivity contribution is 0.104. The molecular formula is C14H24N2S. The van der Waals surface area contributed by atoms with E-state index in [1.807, 2.05) is 0 Å². The fourth-order valence-corrected chi connectivity index (χ4v) is 3.33. The average molecular weight is 252 g/mol. The van der Waals surface area contributed by atoms with E-state index in [1.165, 1.54) is 25.1 Å². The summed E-state index contributed by atoms with van der Waals surface area (Å²) in [6.07, 6.45) is 1.19. The van der Waals surface area contributed by atoms with Crippen molar-refractivity contribution in [2.24, 2.45) is 5.92 Å². The predicted octanol–water partition coefficient (Wildman–Crippen LogP) is 2.61. The van der Waals surface area contributed by atoms with Gasteiger partial charge in [0.2, 0.25) is 0 Å². The van der Waals surface area contributed by atoms with Crippen molar-refractivity contribution in [2.75, 3.05) is 19.6 Å². The highest BCUT2D eigenvalue weighted by Crippen LogP contribution is 2.16. The molecule has 3 heteroatoms. The molecule has 17 heavy (non-hydrogen) atoms. The Labute approximate surface area is 109 Å². The third-order valence-electron chi connectivity index (χ3n) is 3.69. The number of hydrogen-bond acceptors (Lipinski definition) is 3. The summed E-state index contributed by atoms with van der Waals surface area (Å²) in [6, 6.07) is 3.58. The van der Waals surface area contributed by atoms with Gasteiger partial charge in [-0.15, -0.1) is 0 Å². The Balaban J connectivity index is 1.90. The molecule has 96 valence electrons. The Hall–Kier alpha value is -0.380. The minimum absolute atomic E-state index is 0.632. The Kier molecular flexibility index (Phi) is 4.60. The maximum Gasteiger partial charge on any atom is 0.0244 e. The molecule has 1 saturated heterocycles. The predicted molar refractivity (Wildman–Crippen MR) is 75.7 cm³/mol. The van der Waals surface area contributed by atoms with Gasteiger partial charge in [-0.05, 0) is 41.7 Å². The highest BCUT2D eigenvalue weighted by Gasteiger charge is 2.27. The van der Waals surface area contributed by atoms with Crippen LogP contribution in [-0.2, 0) is 6.42 Å². The third kappa shape index (κ3) is 3.54. The number of thiophene rings is 1. The molecule has 1 aliphatic rings. The summed E-state index contributed by atoms with van der Waals surface area (Å²) in [5.74, 6) is 0.734. The quantitative estimate of drug-likeness (QED) is 0.886. The zero-order valence-corrected chi connectivity index (χ0v) is 12.0. The molecule has 0 bridgehead atoms. The first kappa shape index (κ1) is 13.1. The fraction of sp³-hybridized carbons (Fsp3) is 0.714. The van der Waals surface area contributed by atoms with Gasteiger partial charge in [-0.25, -0.2) is 0 Å². The van der Waals surface area contributed by atoms with Crippen molar-refractivity contribution in [1.29, 1.82) is 0 Å². The second kappa shape index (κ2) is 5.98. The fourth-order valence-electron chi connectivity index (χ4n) is 2.62. The molecule has 0 amide bonds. The van der Waals surface area contributed by atoms with Gasteiger partial charge in [0.15, 0.2) is 0 Å². The van der Waals surface area contributed by atoms with Crippen molar-refractivity contribution >= 4 is 11.3 Å². The Bertz CT molecular complexity index is 321. The maximum atomic E-state index is 3.60. The number of rotatable bonds is 4. The zero-order valence-electron chi connectivity index (χ0n) is 11.1. The first-order valence-corrected chi connectivity index (χ1v) is 7.59. The molecule has 2 nitrogen and oxygen atoms in total. The Morgan fingerprint density at radius 1 is 1.53 bits per heavy atom. The van der Waals surface area contributed by atoms with Crippen LogP contribution in [0.2, 0.25) is 0 Å². The summed E-state index contributed by atoms with van der Waals surface area (Å²) in [6.45, 7) is 10.5. The average Bonchev–Trinajstić information content (AvgIpc) is 2.78. The SMILES string of the molecule is CC1CN(CCc2ccsc2)C(C(C)C)CN1. The third-order valence-corrected chi connectivity index (χ3v) is 4.42. The van der Waals surface area contributed by atoms with Crippen LogP contribution < -0.4 is 5.32 Å². The van der Waals surface area contributed by atoms with E-state index in [0.717, 1.165) is 12.5 Å². The van der Waals surface area contributed by atoms with Crippen molar-refractivity contribution in [3.05, 3.63) is 22.4 Å². The summed E-state index contributed by atoms with van der Waals surface area (Å²) in [5.41, 5.74) is 1.49. The summed E-state index contributed by atoms with van der Waals surface area (Å²) in [4.78, 5) is 2.67. The smallest absolute Gasteiger partial charge is 0.0244 e. The van der Waals surface area contributed by atoms with Crippen molar-refractivity contribution < 1.29 is 0 Å². The van der Waals surface area contributed by atoms with E-state index in [0.29, 0.717) is 12.1 Å². The van der Waals surface area contributed by atoms with Gasteiger partial charge < -0.3 is 5.32 Å². The molecule has 0 aliphatic carbocycles. The molecule has 2 unspecified atom stereocenters. The molecular weight excluding hydrogens is 228 g/mol. The molecule has 1 aromatic heterocycles. The van der Waals surface area contributed by atoms with E-state index in [1.54, 1.807) is 11.3 Å². The first-order chi connectivity index (χ1) is 8.16. The van der Waals surface area contributed by atoms with Crippen molar-refractivity contribution in [3.63, 3.8) is 0 Å². The van der Waals surface area contributed by atoms with E-state index in [2.05, 4.69) is 47.8 Å². The summed E-state index contributed by atoms with van der Waals surface area (Å²) >= 11 is 1.80. The molecule has 0 spiro atoms. The first-order valence-electron chi connectivity index (χ1n) is 6.65. The molecule has 1 aromatic rings. The van der Waals surface area contributed by atoms with Crippen LogP contribution in [0.25, 0.3) is 0 Å². The summed E-state index contributed by atoms with van der Waals surface area (Å²) < 4.78 is 0. The van der Waals surface area contributed by atoms with Gasteiger partial charge in [-0.1, -0.05) is 13.8 Å². The highest BCUT2D eigenvalue weighted by molar-refractivity contribution is 7.07. The standard InChI is InChI=1S/C14H24N2S/c1-11(2)14-8-15-12(3)9-16(14)6-4-13-5-7-17-10-13/h5,7,10-12,14-15H,4,6,8-9H2,1-3H3. The summed E-state index contributed by atoms with van der Waals surface area (Å²) in [5, 5.41) is 8.05. The van der Waals surface area contributed by atoms with Gasteiger partial charge >= 0.3 is 0 Å². The zero-order chi connectivity index (χ0) is 12.3. The number of nitrogens with one attached hydrogen (secondary N) is 1. The van der Waals surface area contributed by atoms with Crippen LogP contribution >= 0.6 is 11.3 Å². The molecule has 1 aliphatic heterocycles. The molecule has 0 saturated carbocycles. The summed E-state index contributed by atoms with van der Waals surface area (Å²) in [7, 11) is 0. The van der Waals surface area contributed by atoms with E-state index in [9.17, 15) is 0 Å². The minimum Gasteiger partial charge on any atom is -0.311 e. The second-order valence-corrected chi connectivity index (χ2v) is 6.28.